The van der Waals surface area contributed by atoms with Crippen LogP contribution in [0, 0.1) is 0 Å². The standard InChI is InChI=1S/C11H17F3N2O2S/c1-3-7-10(18)16(5-6-19-11(12,13)14)8(4-2)9(17)15-7/h7-8H,3-6H2,1-2H3,(H,15,17). The van der Waals surface area contributed by atoms with Crippen molar-refractivity contribution in [1.29, 1.82) is 0 Å². The fourth-order valence-corrected chi connectivity index (χ4v) is 2.55. The van der Waals surface area contributed by atoms with Gasteiger partial charge in [-0.25, -0.2) is 0 Å². The van der Waals surface area contributed by atoms with Crippen LogP contribution in [0.4, 0.5) is 13.2 Å². The number of carbonyl (C=O) groups is 2. The van der Waals surface area contributed by atoms with Gasteiger partial charge in [0.15, 0.2) is 0 Å². The maximum absolute atomic E-state index is 12.1. The fraction of sp³-hybridized carbons (Fsp3) is 0.818. The number of hydrogen-bond acceptors (Lipinski definition) is 3. The van der Waals surface area contributed by atoms with E-state index >= 15 is 0 Å². The lowest BCUT2D eigenvalue weighted by Gasteiger charge is -2.38. The number of nitrogens with zero attached hydrogens (tertiary/aromatic N) is 1. The lowest BCUT2D eigenvalue weighted by Crippen LogP contribution is -2.63. The third-order valence-electron chi connectivity index (χ3n) is 2.97. The maximum atomic E-state index is 12.1. The van der Waals surface area contributed by atoms with E-state index in [1.54, 1.807) is 13.8 Å². The number of thioether (sulfide) groups is 1. The summed E-state index contributed by atoms with van der Waals surface area (Å²) in [4.78, 5) is 25.1. The van der Waals surface area contributed by atoms with E-state index in [9.17, 15) is 22.8 Å². The molecule has 1 saturated heterocycles. The monoisotopic (exact) mass is 298 g/mol. The highest BCUT2D eigenvalue weighted by atomic mass is 32.2. The lowest BCUT2D eigenvalue weighted by atomic mass is 10.0. The van der Waals surface area contributed by atoms with Gasteiger partial charge in [0.1, 0.15) is 12.1 Å². The van der Waals surface area contributed by atoms with Gasteiger partial charge in [-0.1, -0.05) is 13.8 Å². The Morgan fingerprint density at radius 2 is 1.89 bits per heavy atom. The van der Waals surface area contributed by atoms with Crippen LogP contribution in [-0.2, 0) is 9.59 Å². The molecule has 1 heterocycles. The summed E-state index contributed by atoms with van der Waals surface area (Å²) >= 11 is -0.174. The Balaban J connectivity index is 2.68. The molecule has 4 nitrogen and oxygen atoms in total. The fourth-order valence-electron chi connectivity index (χ4n) is 2.03. The van der Waals surface area contributed by atoms with Crippen LogP contribution >= 0.6 is 11.8 Å². The molecule has 2 atom stereocenters. The topological polar surface area (TPSA) is 49.4 Å². The minimum absolute atomic E-state index is 0.0641. The Morgan fingerprint density at radius 1 is 1.26 bits per heavy atom. The zero-order chi connectivity index (χ0) is 14.6. The third-order valence-corrected chi connectivity index (χ3v) is 3.68. The van der Waals surface area contributed by atoms with Crippen LogP contribution in [0.3, 0.4) is 0 Å². The van der Waals surface area contributed by atoms with Gasteiger partial charge >= 0.3 is 5.51 Å². The summed E-state index contributed by atoms with van der Waals surface area (Å²) in [6.45, 7) is 3.41. The van der Waals surface area contributed by atoms with Crippen LogP contribution in [0.2, 0.25) is 0 Å². The molecule has 0 bridgehead atoms. The molecule has 2 amide bonds. The van der Waals surface area contributed by atoms with Crippen LogP contribution in [0.15, 0.2) is 0 Å². The van der Waals surface area contributed by atoms with Gasteiger partial charge in [-0.05, 0) is 24.6 Å². The molecule has 1 aliphatic heterocycles. The predicted molar refractivity (Wildman–Crippen MR) is 66.5 cm³/mol. The highest BCUT2D eigenvalue weighted by molar-refractivity contribution is 8.00. The Labute approximate surface area is 114 Å². The number of rotatable bonds is 5. The zero-order valence-corrected chi connectivity index (χ0v) is 11.6. The van der Waals surface area contributed by atoms with Gasteiger partial charge in [0.2, 0.25) is 11.8 Å². The Morgan fingerprint density at radius 3 is 2.37 bits per heavy atom. The van der Waals surface area contributed by atoms with E-state index in [2.05, 4.69) is 5.32 Å². The summed E-state index contributed by atoms with van der Waals surface area (Å²) in [5.74, 6) is -0.835. The van der Waals surface area contributed by atoms with E-state index in [1.165, 1.54) is 4.90 Å². The molecule has 0 aliphatic carbocycles. The van der Waals surface area contributed by atoms with Crippen molar-refractivity contribution < 1.29 is 22.8 Å². The number of carbonyl (C=O) groups excluding carboxylic acids is 2. The summed E-state index contributed by atoms with van der Waals surface area (Å²) in [7, 11) is 0. The van der Waals surface area contributed by atoms with Crippen molar-refractivity contribution in [3.05, 3.63) is 0 Å². The van der Waals surface area contributed by atoms with E-state index in [4.69, 9.17) is 0 Å². The lowest BCUT2D eigenvalue weighted by molar-refractivity contribution is -0.149. The second kappa shape index (κ2) is 6.49. The Kier molecular flexibility index (Phi) is 5.51. The van der Waals surface area contributed by atoms with E-state index in [0.717, 1.165) is 0 Å². The van der Waals surface area contributed by atoms with Crippen LogP contribution in [-0.4, -0.2) is 46.6 Å². The SMILES string of the molecule is CCC1NC(=O)C(CC)N(CCSC(F)(F)F)C1=O. The smallest absolute Gasteiger partial charge is 0.343 e. The number of piperazine rings is 1. The van der Waals surface area contributed by atoms with Crippen LogP contribution in [0.5, 0.6) is 0 Å². The van der Waals surface area contributed by atoms with Gasteiger partial charge in [0.05, 0.1) is 0 Å². The largest absolute Gasteiger partial charge is 0.441 e. The summed E-state index contributed by atoms with van der Waals surface area (Å²) in [5, 5.41) is 2.59. The number of halogens is 3. The summed E-state index contributed by atoms with van der Waals surface area (Å²) in [6.07, 6.45) is 0.828. The van der Waals surface area contributed by atoms with E-state index in [0.29, 0.717) is 12.8 Å². The van der Waals surface area contributed by atoms with Gasteiger partial charge in [-0.15, -0.1) is 0 Å². The molecule has 0 aromatic carbocycles. The van der Waals surface area contributed by atoms with Gasteiger partial charge in [0.25, 0.3) is 0 Å². The second-order valence-electron chi connectivity index (χ2n) is 4.22. The molecule has 19 heavy (non-hydrogen) atoms. The maximum Gasteiger partial charge on any atom is 0.441 e. The van der Waals surface area contributed by atoms with Gasteiger partial charge < -0.3 is 10.2 Å². The summed E-state index contributed by atoms with van der Waals surface area (Å²) in [5.41, 5.74) is -4.31. The number of amides is 2. The highest BCUT2D eigenvalue weighted by Crippen LogP contribution is 2.30. The molecule has 0 radical (unpaired) electrons. The van der Waals surface area contributed by atoms with Crippen molar-refractivity contribution in [3.63, 3.8) is 0 Å². The molecular formula is C11H17F3N2O2S. The Hall–Kier alpha value is -0.920. The van der Waals surface area contributed by atoms with Crippen molar-refractivity contribution in [2.75, 3.05) is 12.3 Å². The molecule has 1 rings (SSSR count). The second-order valence-corrected chi connectivity index (χ2v) is 5.38. The van der Waals surface area contributed by atoms with Crippen molar-refractivity contribution in [1.82, 2.24) is 10.2 Å². The zero-order valence-electron chi connectivity index (χ0n) is 10.8. The number of hydrogen-bond donors (Lipinski definition) is 1. The third kappa shape index (κ3) is 4.29. The molecule has 8 heteroatoms. The van der Waals surface area contributed by atoms with Crippen LogP contribution in [0.25, 0.3) is 0 Å². The molecule has 1 fully saturated rings. The quantitative estimate of drug-likeness (QED) is 0.841. The molecular weight excluding hydrogens is 281 g/mol. The first-order valence-electron chi connectivity index (χ1n) is 6.11. The minimum atomic E-state index is -4.31. The van der Waals surface area contributed by atoms with Gasteiger partial charge in [-0.2, -0.15) is 13.2 Å². The van der Waals surface area contributed by atoms with Crippen molar-refractivity contribution in [2.45, 2.75) is 44.3 Å². The van der Waals surface area contributed by atoms with Gasteiger partial charge in [-0.3, -0.25) is 9.59 Å². The van der Waals surface area contributed by atoms with Crippen LogP contribution < -0.4 is 5.32 Å². The molecule has 2 unspecified atom stereocenters. The van der Waals surface area contributed by atoms with Crippen LogP contribution in [0.1, 0.15) is 26.7 Å². The Bertz CT molecular complexity index is 349. The van der Waals surface area contributed by atoms with Crippen molar-refractivity contribution in [3.8, 4) is 0 Å². The normalized spacial score (nSPS) is 24.6. The van der Waals surface area contributed by atoms with Crippen molar-refractivity contribution >= 4 is 23.6 Å². The first kappa shape index (κ1) is 16.1. The molecule has 0 aromatic heterocycles. The average Bonchev–Trinajstić information content (AvgIpc) is 2.31. The summed E-state index contributed by atoms with van der Waals surface area (Å²) in [6, 6.07) is -1.28. The molecule has 0 aromatic rings. The number of nitrogens with one attached hydrogen (secondary N) is 1. The van der Waals surface area contributed by atoms with E-state index in [1.807, 2.05) is 0 Å². The molecule has 1 N–H and O–H groups in total. The van der Waals surface area contributed by atoms with Crippen molar-refractivity contribution in [2.24, 2.45) is 0 Å². The van der Waals surface area contributed by atoms with E-state index in [-0.39, 0.29) is 35.9 Å². The predicted octanol–water partition coefficient (Wildman–Crippen LogP) is 1.75. The molecule has 110 valence electrons. The average molecular weight is 298 g/mol. The summed E-state index contributed by atoms with van der Waals surface area (Å²) < 4.78 is 36.3. The molecule has 1 aliphatic rings. The van der Waals surface area contributed by atoms with Gasteiger partial charge in [0, 0.05) is 12.3 Å². The molecule has 0 saturated carbocycles. The first-order chi connectivity index (χ1) is 8.80. The number of alkyl halides is 3. The van der Waals surface area contributed by atoms with E-state index < -0.39 is 17.6 Å². The molecule has 0 spiro atoms. The minimum Gasteiger partial charge on any atom is -0.343 e. The highest BCUT2D eigenvalue weighted by Gasteiger charge is 2.39. The first-order valence-corrected chi connectivity index (χ1v) is 7.10.